The van der Waals surface area contributed by atoms with Crippen LogP contribution in [0.4, 0.5) is 0 Å². The molecular formula is C20H27Cl2N3O2. The van der Waals surface area contributed by atoms with E-state index >= 15 is 0 Å². The monoisotopic (exact) mass is 411 g/mol. The Bertz CT molecular complexity index is 695. The molecule has 1 atom stereocenters. The normalized spacial score (nSPS) is 21.3. The molecule has 7 heteroatoms. The molecule has 1 aliphatic heterocycles. The summed E-state index contributed by atoms with van der Waals surface area (Å²) >= 11 is 12.0. The molecule has 2 aliphatic rings. The van der Waals surface area contributed by atoms with Gasteiger partial charge in [-0.25, -0.2) is 0 Å². The van der Waals surface area contributed by atoms with Crippen LogP contribution in [0.2, 0.25) is 10.0 Å². The molecule has 2 amide bonds. The van der Waals surface area contributed by atoms with Crippen molar-refractivity contribution in [3.05, 3.63) is 33.8 Å². The quantitative estimate of drug-likeness (QED) is 0.754. The lowest BCUT2D eigenvalue weighted by Crippen LogP contribution is -2.44. The number of amides is 2. The van der Waals surface area contributed by atoms with Gasteiger partial charge in [0.15, 0.2) is 0 Å². The largest absolute Gasteiger partial charge is 0.355 e. The van der Waals surface area contributed by atoms with Crippen molar-refractivity contribution in [2.24, 2.45) is 11.3 Å². The van der Waals surface area contributed by atoms with Gasteiger partial charge in [-0.15, -0.1) is 0 Å². The Hall–Kier alpha value is -1.30. The van der Waals surface area contributed by atoms with Crippen molar-refractivity contribution in [3.8, 4) is 0 Å². The fourth-order valence-corrected chi connectivity index (χ4v) is 4.29. The molecule has 3 rings (SSSR count). The van der Waals surface area contributed by atoms with Crippen LogP contribution in [0, 0.1) is 11.3 Å². The van der Waals surface area contributed by atoms with Gasteiger partial charge < -0.3 is 10.6 Å². The molecule has 1 unspecified atom stereocenters. The van der Waals surface area contributed by atoms with Gasteiger partial charge in [-0.05, 0) is 61.9 Å². The summed E-state index contributed by atoms with van der Waals surface area (Å²) < 4.78 is 0. The van der Waals surface area contributed by atoms with Crippen LogP contribution in [0.15, 0.2) is 18.2 Å². The van der Waals surface area contributed by atoms with E-state index in [1.807, 2.05) is 0 Å². The molecule has 0 bridgehead atoms. The number of halogens is 2. The maximum absolute atomic E-state index is 12.5. The molecule has 1 aromatic carbocycles. The third-order valence-corrected chi connectivity index (χ3v) is 5.98. The second-order valence-corrected chi connectivity index (χ2v) is 9.10. The highest BCUT2D eigenvalue weighted by Gasteiger charge is 2.55. The van der Waals surface area contributed by atoms with Crippen LogP contribution in [-0.4, -0.2) is 48.9 Å². The van der Waals surface area contributed by atoms with Crippen molar-refractivity contribution in [1.82, 2.24) is 15.5 Å². The summed E-state index contributed by atoms with van der Waals surface area (Å²) in [5.74, 6) is 0.429. The molecule has 1 heterocycles. The van der Waals surface area contributed by atoms with Gasteiger partial charge in [-0.2, -0.15) is 0 Å². The Morgan fingerprint density at radius 3 is 2.41 bits per heavy atom. The standard InChI is InChI=1S/C20H27Cl2N3O2/c1-13(2)11-23-18(26)12-25-5-3-20(4-6-25)10-17(20)24-19(27)14-7-15(21)9-16(22)8-14/h7-9,13,17H,3-6,10-12H2,1-2H3,(H,23,26)(H,24,27). The van der Waals surface area contributed by atoms with E-state index in [0.717, 1.165) is 38.9 Å². The third kappa shape index (κ3) is 5.37. The summed E-state index contributed by atoms with van der Waals surface area (Å²) in [7, 11) is 0. The third-order valence-electron chi connectivity index (χ3n) is 5.55. The lowest BCUT2D eigenvalue weighted by molar-refractivity contribution is -0.122. The van der Waals surface area contributed by atoms with Gasteiger partial charge in [0.05, 0.1) is 6.54 Å². The first kappa shape index (κ1) is 20.4. The van der Waals surface area contributed by atoms with E-state index in [2.05, 4.69) is 29.4 Å². The molecule has 148 valence electrons. The van der Waals surface area contributed by atoms with Crippen molar-refractivity contribution < 1.29 is 9.59 Å². The maximum Gasteiger partial charge on any atom is 0.251 e. The SMILES string of the molecule is CC(C)CNC(=O)CN1CCC2(CC1)CC2NC(=O)c1cc(Cl)cc(Cl)c1. The first-order chi connectivity index (χ1) is 12.8. The predicted molar refractivity (Wildman–Crippen MR) is 108 cm³/mol. The Balaban J connectivity index is 1.45. The second-order valence-electron chi connectivity index (χ2n) is 8.22. The number of nitrogens with one attached hydrogen (secondary N) is 2. The van der Waals surface area contributed by atoms with Crippen LogP contribution in [0.5, 0.6) is 0 Å². The minimum atomic E-state index is -0.128. The summed E-state index contributed by atoms with van der Waals surface area (Å²) in [5, 5.41) is 7.01. The van der Waals surface area contributed by atoms with E-state index < -0.39 is 0 Å². The van der Waals surface area contributed by atoms with Crippen molar-refractivity contribution >= 4 is 35.0 Å². The van der Waals surface area contributed by atoms with Gasteiger partial charge in [0, 0.05) is 28.2 Å². The Kier molecular flexibility index (Phi) is 6.34. The number of hydrogen-bond acceptors (Lipinski definition) is 3. The average molecular weight is 412 g/mol. The second kappa shape index (κ2) is 8.38. The number of piperidine rings is 1. The summed E-state index contributed by atoms with van der Waals surface area (Å²) in [5.41, 5.74) is 0.678. The molecule has 0 radical (unpaired) electrons. The predicted octanol–water partition coefficient (Wildman–Crippen LogP) is 3.35. The Morgan fingerprint density at radius 2 is 1.81 bits per heavy atom. The van der Waals surface area contributed by atoms with Crippen LogP contribution in [-0.2, 0) is 4.79 Å². The van der Waals surface area contributed by atoms with Gasteiger partial charge in [-0.1, -0.05) is 37.0 Å². The highest BCUT2D eigenvalue weighted by Crippen LogP contribution is 2.53. The van der Waals surface area contributed by atoms with Crippen molar-refractivity contribution in [1.29, 1.82) is 0 Å². The number of rotatable bonds is 6. The smallest absolute Gasteiger partial charge is 0.251 e. The zero-order chi connectivity index (χ0) is 19.6. The topological polar surface area (TPSA) is 61.4 Å². The summed E-state index contributed by atoms with van der Waals surface area (Å²) in [6, 6.07) is 5.08. The first-order valence-electron chi connectivity index (χ1n) is 9.53. The van der Waals surface area contributed by atoms with E-state index in [4.69, 9.17) is 23.2 Å². The van der Waals surface area contributed by atoms with Crippen LogP contribution in [0.25, 0.3) is 0 Å². The molecule has 2 fully saturated rings. The van der Waals surface area contributed by atoms with Crippen LogP contribution in [0.3, 0.4) is 0 Å². The van der Waals surface area contributed by atoms with Gasteiger partial charge in [0.25, 0.3) is 5.91 Å². The van der Waals surface area contributed by atoms with E-state index in [-0.39, 0.29) is 23.3 Å². The molecule has 0 aromatic heterocycles. The lowest BCUT2D eigenvalue weighted by Gasteiger charge is -2.32. The van der Waals surface area contributed by atoms with Gasteiger partial charge >= 0.3 is 0 Å². The number of likely N-dealkylation sites (tertiary alicyclic amines) is 1. The number of carbonyl (C=O) groups is 2. The lowest BCUT2D eigenvalue weighted by atomic mass is 9.92. The van der Waals surface area contributed by atoms with Crippen molar-refractivity contribution in [3.63, 3.8) is 0 Å². The molecule has 1 saturated carbocycles. The molecule has 1 spiro atoms. The first-order valence-corrected chi connectivity index (χ1v) is 10.3. The molecule has 2 N–H and O–H groups in total. The molecule has 1 saturated heterocycles. The molecule has 1 aromatic rings. The number of benzene rings is 1. The van der Waals surface area contributed by atoms with E-state index in [9.17, 15) is 9.59 Å². The minimum Gasteiger partial charge on any atom is -0.355 e. The number of nitrogens with zero attached hydrogens (tertiary/aromatic N) is 1. The molecule has 27 heavy (non-hydrogen) atoms. The number of carbonyl (C=O) groups excluding carboxylic acids is 2. The van der Waals surface area contributed by atoms with Gasteiger partial charge in [-0.3, -0.25) is 14.5 Å². The summed E-state index contributed by atoms with van der Waals surface area (Å²) in [6.45, 7) is 7.14. The zero-order valence-electron chi connectivity index (χ0n) is 15.9. The van der Waals surface area contributed by atoms with E-state index in [0.29, 0.717) is 28.1 Å². The van der Waals surface area contributed by atoms with Crippen molar-refractivity contribution in [2.75, 3.05) is 26.2 Å². The highest BCUT2D eigenvalue weighted by atomic mass is 35.5. The Labute approximate surface area is 170 Å². The molecule has 1 aliphatic carbocycles. The van der Waals surface area contributed by atoms with Crippen molar-refractivity contribution in [2.45, 2.75) is 39.2 Å². The fraction of sp³-hybridized carbons (Fsp3) is 0.600. The number of hydrogen-bond donors (Lipinski definition) is 2. The highest BCUT2D eigenvalue weighted by molar-refractivity contribution is 6.35. The minimum absolute atomic E-state index is 0.0955. The maximum atomic E-state index is 12.5. The van der Waals surface area contributed by atoms with Gasteiger partial charge in [0.2, 0.25) is 5.91 Å². The van der Waals surface area contributed by atoms with Gasteiger partial charge in [0.1, 0.15) is 0 Å². The van der Waals surface area contributed by atoms with Crippen LogP contribution < -0.4 is 10.6 Å². The van der Waals surface area contributed by atoms with E-state index in [1.54, 1.807) is 18.2 Å². The Morgan fingerprint density at radius 1 is 1.19 bits per heavy atom. The summed E-state index contributed by atoms with van der Waals surface area (Å²) in [6.07, 6.45) is 3.01. The van der Waals surface area contributed by atoms with Crippen LogP contribution >= 0.6 is 23.2 Å². The zero-order valence-corrected chi connectivity index (χ0v) is 17.4. The molecule has 5 nitrogen and oxygen atoms in total. The fourth-order valence-electron chi connectivity index (χ4n) is 3.76. The summed E-state index contributed by atoms with van der Waals surface area (Å²) in [4.78, 5) is 26.7. The average Bonchev–Trinajstić information content (AvgIpc) is 3.26. The molecular weight excluding hydrogens is 385 g/mol. The van der Waals surface area contributed by atoms with E-state index in [1.165, 1.54) is 0 Å². The van der Waals surface area contributed by atoms with Crippen LogP contribution in [0.1, 0.15) is 43.5 Å².